The van der Waals surface area contributed by atoms with Crippen molar-refractivity contribution < 1.29 is 24.3 Å². The van der Waals surface area contributed by atoms with Gasteiger partial charge in [-0.1, -0.05) is 60.7 Å². The van der Waals surface area contributed by atoms with Crippen LogP contribution < -0.4 is 5.73 Å². The maximum absolute atomic E-state index is 11.5. The molecule has 0 bridgehead atoms. The highest BCUT2D eigenvalue weighted by Crippen LogP contribution is 2.39. The third kappa shape index (κ3) is 7.82. The van der Waals surface area contributed by atoms with Crippen LogP contribution in [0.5, 0.6) is 0 Å². The van der Waals surface area contributed by atoms with Gasteiger partial charge < -0.3 is 20.6 Å². The van der Waals surface area contributed by atoms with Gasteiger partial charge in [-0.05, 0) is 24.5 Å². The van der Waals surface area contributed by atoms with Crippen LogP contribution >= 0.6 is 18.2 Å². The highest BCUT2D eigenvalue weighted by molar-refractivity contribution is 7.79. The zero-order valence-corrected chi connectivity index (χ0v) is 15.3. The Morgan fingerprint density at radius 2 is 1.52 bits per heavy atom. The van der Waals surface area contributed by atoms with Gasteiger partial charge in [0, 0.05) is 17.2 Å². The van der Waals surface area contributed by atoms with Crippen LogP contribution in [-0.2, 0) is 15.8 Å². The number of nitrogens with two attached hydrogens (primary N) is 1. The summed E-state index contributed by atoms with van der Waals surface area (Å²) in [6.45, 7) is -2.59. The van der Waals surface area contributed by atoms with Crippen LogP contribution in [0.1, 0.15) is 24.0 Å². The lowest BCUT2D eigenvalue weighted by Crippen LogP contribution is -2.50. The number of halogens is 1. The molecule has 0 aliphatic carbocycles. The Labute approximate surface area is 151 Å². The van der Waals surface area contributed by atoms with E-state index in [1.54, 1.807) is 6.92 Å². The molecular formula is C17H21ClNO5P. The maximum atomic E-state index is 11.5. The first-order valence-electron chi connectivity index (χ1n) is 7.38. The number of aliphatic carboxylic acids is 1. The molecule has 2 aromatic rings. The second-order valence-corrected chi connectivity index (χ2v) is 7.98. The molecule has 136 valence electrons. The first kappa shape index (κ1) is 21.4. The van der Waals surface area contributed by atoms with Gasteiger partial charge in [-0.2, -0.15) is 0 Å². The fraction of sp³-hybridized carbons (Fsp3) is 0.235. The predicted molar refractivity (Wildman–Crippen MR) is 97.5 cm³/mol. The summed E-state index contributed by atoms with van der Waals surface area (Å²) in [7, 11) is 0. The Hall–Kier alpha value is -1.69. The van der Waals surface area contributed by atoms with Crippen LogP contribution in [0.3, 0.4) is 0 Å². The number of carboxylic acids is 1. The minimum absolute atomic E-state index is 0.274. The highest BCUT2D eigenvalue weighted by Gasteiger charge is 2.38. The fourth-order valence-electron chi connectivity index (χ4n) is 2.36. The van der Waals surface area contributed by atoms with E-state index in [0.717, 1.165) is 11.1 Å². The van der Waals surface area contributed by atoms with Crippen molar-refractivity contribution in [3.05, 3.63) is 71.8 Å². The molecule has 2 rings (SSSR count). The van der Waals surface area contributed by atoms with E-state index in [1.807, 2.05) is 60.7 Å². The monoisotopic (exact) mass is 385 g/mol. The molecule has 6 nitrogen and oxygen atoms in total. The van der Waals surface area contributed by atoms with Gasteiger partial charge in [0.15, 0.2) is 0 Å². The number of hydrogen-bond donors (Lipinski definition) is 4. The van der Waals surface area contributed by atoms with Crippen molar-refractivity contribution in [2.75, 3.05) is 0 Å². The van der Waals surface area contributed by atoms with E-state index >= 15 is 0 Å². The molecule has 0 radical (unpaired) electrons. The minimum atomic E-state index is -4.17. The lowest BCUT2D eigenvalue weighted by atomic mass is 9.77. The summed E-state index contributed by atoms with van der Waals surface area (Å²) >= 11 is 4.20. The molecule has 25 heavy (non-hydrogen) atoms. The lowest BCUT2D eigenvalue weighted by Gasteiger charge is -2.31. The smallest absolute Gasteiger partial charge is 0.419 e. The topological polar surface area (TPSA) is 121 Å². The largest absolute Gasteiger partial charge is 0.480 e. The summed E-state index contributed by atoms with van der Waals surface area (Å²) in [5, 5.41) is 9.43. The van der Waals surface area contributed by atoms with Gasteiger partial charge in [0.1, 0.15) is 5.54 Å². The molecule has 5 N–H and O–H groups in total. The van der Waals surface area contributed by atoms with Gasteiger partial charge in [-0.15, -0.1) is 0 Å². The molecule has 0 aromatic heterocycles. The van der Waals surface area contributed by atoms with Crippen molar-refractivity contribution in [3.8, 4) is 0 Å². The van der Waals surface area contributed by atoms with Gasteiger partial charge in [0.2, 0.25) is 0 Å². The van der Waals surface area contributed by atoms with Crippen LogP contribution in [0, 0.1) is 0 Å². The zero-order valence-electron chi connectivity index (χ0n) is 13.6. The van der Waals surface area contributed by atoms with Gasteiger partial charge in [0.25, 0.3) is 0 Å². The Balaban J connectivity index is 0.000000550. The number of benzene rings is 2. The van der Waals surface area contributed by atoms with Crippen molar-refractivity contribution in [1.29, 1.82) is 0 Å². The fourth-order valence-corrected chi connectivity index (χ4v) is 2.36. The Bertz CT molecular complexity index is 710. The zero-order chi connectivity index (χ0) is 19.1. The summed E-state index contributed by atoms with van der Waals surface area (Å²) in [5.74, 6) is -1.26. The second-order valence-electron chi connectivity index (χ2n) is 5.71. The molecule has 0 fully saturated rings. The van der Waals surface area contributed by atoms with Gasteiger partial charge in [0.05, 0.1) is 0 Å². The van der Waals surface area contributed by atoms with Crippen LogP contribution in [0.2, 0.25) is 0 Å². The molecule has 0 heterocycles. The van der Waals surface area contributed by atoms with E-state index in [2.05, 4.69) is 11.2 Å². The minimum Gasteiger partial charge on any atom is -0.480 e. The number of hydrogen-bond acceptors (Lipinski definition) is 3. The van der Waals surface area contributed by atoms with Gasteiger partial charge in [-0.25, -0.2) is 4.57 Å². The summed E-state index contributed by atoms with van der Waals surface area (Å²) in [4.78, 5) is 26.3. The predicted octanol–water partition coefficient (Wildman–Crippen LogP) is 3.13. The lowest BCUT2D eigenvalue weighted by molar-refractivity contribution is -0.143. The van der Waals surface area contributed by atoms with Gasteiger partial charge >= 0.3 is 12.9 Å². The molecule has 0 aliphatic heterocycles. The van der Waals surface area contributed by atoms with Crippen LogP contribution in [0.15, 0.2) is 60.7 Å². The van der Waals surface area contributed by atoms with Crippen LogP contribution in [-0.4, -0.2) is 26.4 Å². The summed E-state index contributed by atoms with van der Waals surface area (Å²) < 4.78 is 9.09. The number of carbonyl (C=O) groups is 1. The summed E-state index contributed by atoms with van der Waals surface area (Å²) in [6.07, 6.45) is 0.601. The molecule has 2 aromatic carbocycles. The van der Waals surface area contributed by atoms with Crippen molar-refractivity contribution in [2.24, 2.45) is 5.73 Å². The Morgan fingerprint density at radius 1 is 1.12 bits per heavy atom. The first-order chi connectivity index (χ1) is 11.5. The molecule has 8 heteroatoms. The Kier molecular flexibility index (Phi) is 7.80. The second kappa shape index (κ2) is 9.13. The van der Waals surface area contributed by atoms with E-state index in [4.69, 9.17) is 20.1 Å². The summed E-state index contributed by atoms with van der Waals surface area (Å²) in [6, 6.07) is 19.4. The number of carboxylic acid groups (broad SMARTS) is 1. The molecule has 0 aliphatic rings. The molecule has 0 spiro atoms. The third-order valence-electron chi connectivity index (χ3n) is 3.67. The third-order valence-corrected chi connectivity index (χ3v) is 3.67. The molecule has 2 atom stereocenters. The van der Waals surface area contributed by atoms with Crippen LogP contribution in [0.25, 0.3) is 0 Å². The average Bonchev–Trinajstić information content (AvgIpc) is 2.52. The van der Waals surface area contributed by atoms with Crippen molar-refractivity contribution in [3.63, 3.8) is 0 Å². The highest BCUT2D eigenvalue weighted by atomic mass is 35.7. The van der Waals surface area contributed by atoms with E-state index in [1.165, 1.54) is 0 Å². The molecule has 0 saturated heterocycles. The van der Waals surface area contributed by atoms with E-state index < -0.39 is 18.5 Å². The number of rotatable bonds is 5. The first-order valence-corrected chi connectivity index (χ1v) is 9.90. The molecule has 0 amide bonds. The van der Waals surface area contributed by atoms with E-state index in [-0.39, 0.29) is 5.92 Å². The maximum Gasteiger partial charge on any atom is 0.419 e. The van der Waals surface area contributed by atoms with Crippen molar-refractivity contribution in [1.82, 2.24) is 0 Å². The van der Waals surface area contributed by atoms with E-state index in [0.29, 0.717) is 6.42 Å². The molecular weight excluding hydrogens is 365 g/mol. The normalized spacial score (nSPS) is 14.6. The van der Waals surface area contributed by atoms with Gasteiger partial charge in [-0.3, -0.25) is 4.79 Å². The average molecular weight is 386 g/mol. The Morgan fingerprint density at radius 3 is 1.92 bits per heavy atom. The summed E-state index contributed by atoms with van der Waals surface area (Å²) in [5.41, 5.74) is 6.81. The van der Waals surface area contributed by atoms with Crippen LogP contribution in [0.4, 0.5) is 0 Å². The standard InChI is InChI=1S/C17H19NO2.ClH2O3P/c1-17(18,16(19)20)15(14-10-6-3-7-11-14)12-13-8-4-2-5-9-13;1-5(2,3)4/h2-11,15H,12,18H2,1H3,(H,19,20);(H2,2,3,4). The van der Waals surface area contributed by atoms with E-state index in [9.17, 15) is 9.90 Å². The molecule has 0 saturated carbocycles. The SMILES string of the molecule is CC(N)(C(=O)O)C(Cc1ccccc1)c1ccccc1.O=P(O)(O)Cl. The van der Waals surface area contributed by atoms with Crippen molar-refractivity contribution >= 4 is 24.2 Å². The van der Waals surface area contributed by atoms with Crippen molar-refractivity contribution in [2.45, 2.75) is 24.8 Å². The molecule has 2 unspecified atom stereocenters. The quantitative estimate of drug-likeness (QED) is 0.587.